The van der Waals surface area contributed by atoms with Gasteiger partial charge in [-0.25, -0.2) is 0 Å². The molecule has 1 saturated heterocycles. The van der Waals surface area contributed by atoms with Crippen LogP contribution in [0.5, 0.6) is 0 Å². The van der Waals surface area contributed by atoms with Crippen molar-refractivity contribution in [3.63, 3.8) is 0 Å². The van der Waals surface area contributed by atoms with E-state index in [0.717, 1.165) is 64.3 Å². The minimum absolute atomic E-state index is 0.109. The lowest BCUT2D eigenvalue weighted by molar-refractivity contribution is -0.142. The summed E-state index contributed by atoms with van der Waals surface area (Å²) in [6.45, 7) is 7.13. The highest BCUT2D eigenvalue weighted by molar-refractivity contribution is 5.87. The minimum atomic E-state index is -0.166. The Balaban J connectivity index is 0.00000124. The number of nitrogens with zero attached hydrogens (tertiary/aromatic N) is 1. The molecule has 164 valence electrons. The molecular weight excluding hydrogens is 370 g/mol. The first-order valence-corrected chi connectivity index (χ1v) is 12.2. The van der Waals surface area contributed by atoms with Crippen LogP contribution in [-0.2, 0) is 17.6 Å². The second-order valence-electron chi connectivity index (χ2n) is 8.71. The standard InChI is InChI=1S/C25H33NO2.C2H6/c1-2-6-23-19(11-10-18-7-3-4-9-24(18)23)17-20-8-5-16-26(25(20)28)21-12-14-22(27)15-13-21;1-2/h3-4,7,9-11,20-22,27H,2,5-6,8,12-17H2,1H3;1-2H3. The van der Waals surface area contributed by atoms with Crippen LogP contribution >= 0.6 is 0 Å². The van der Waals surface area contributed by atoms with E-state index < -0.39 is 0 Å². The number of amides is 1. The van der Waals surface area contributed by atoms with Crippen molar-refractivity contribution in [2.24, 2.45) is 5.92 Å². The number of fused-ring (bicyclic) bond motifs is 1. The zero-order valence-electron chi connectivity index (χ0n) is 19.1. The summed E-state index contributed by atoms with van der Waals surface area (Å²) in [6.07, 6.45) is 8.58. The predicted molar refractivity (Wildman–Crippen MR) is 126 cm³/mol. The van der Waals surface area contributed by atoms with E-state index in [-0.39, 0.29) is 12.0 Å². The van der Waals surface area contributed by atoms with Crippen LogP contribution in [0.3, 0.4) is 0 Å². The largest absolute Gasteiger partial charge is 0.393 e. The summed E-state index contributed by atoms with van der Waals surface area (Å²) in [4.78, 5) is 15.5. The van der Waals surface area contributed by atoms with Gasteiger partial charge in [0.1, 0.15) is 0 Å². The Labute approximate surface area is 182 Å². The van der Waals surface area contributed by atoms with Crippen LogP contribution in [0, 0.1) is 5.92 Å². The predicted octanol–water partition coefficient (Wildman–Crippen LogP) is 5.90. The van der Waals surface area contributed by atoms with Gasteiger partial charge in [0.05, 0.1) is 6.10 Å². The van der Waals surface area contributed by atoms with Gasteiger partial charge in [-0.15, -0.1) is 0 Å². The minimum Gasteiger partial charge on any atom is -0.393 e. The van der Waals surface area contributed by atoms with Gasteiger partial charge in [-0.3, -0.25) is 4.79 Å². The van der Waals surface area contributed by atoms with Crippen molar-refractivity contribution in [1.82, 2.24) is 4.90 Å². The molecule has 1 heterocycles. The Morgan fingerprint density at radius 3 is 2.47 bits per heavy atom. The lowest BCUT2D eigenvalue weighted by Gasteiger charge is -2.40. The highest BCUT2D eigenvalue weighted by atomic mass is 16.3. The molecule has 1 saturated carbocycles. The van der Waals surface area contributed by atoms with Crippen molar-refractivity contribution >= 4 is 16.7 Å². The first-order valence-electron chi connectivity index (χ1n) is 12.2. The Kier molecular flexibility index (Phi) is 8.32. The molecule has 0 spiro atoms. The molecule has 1 aliphatic carbocycles. The van der Waals surface area contributed by atoms with Crippen LogP contribution in [0.25, 0.3) is 10.8 Å². The zero-order valence-corrected chi connectivity index (χ0v) is 19.1. The number of piperidine rings is 1. The lowest BCUT2D eigenvalue weighted by Crippen LogP contribution is -2.49. The maximum absolute atomic E-state index is 13.3. The van der Waals surface area contributed by atoms with Gasteiger partial charge < -0.3 is 10.0 Å². The van der Waals surface area contributed by atoms with Crippen LogP contribution in [-0.4, -0.2) is 34.6 Å². The third-order valence-electron chi connectivity index (χ3n) is 6.79. The Hall–Kier alpha value is -1.87. The normalized spacial score (nSPS) is 24.5. The Morgan fingerprint density at radius 2 is 1.73 bits per heavy atom. The van der Waals surface area contributed by atoms with Crippen molar-refractivity contribution in [3.05, 3.63) is 47.5 Å². The first-order chi connectivity index (χ1) is 14.7. The summed E-state index contributed by atoms with van der Waals surface area (Å²) in [5, 5.41) is 12.5. The van der Waals surface area contributed by atoms with E-state index in [1.54, 1.807) is 0 Å². The van der Waals surface area contributed by atoms with Gasteiger partial charge in [-0.1, -0.05) is 63.6 Å². The summed E-state index contributed by atoms with van der Waals surface area (Å²) in [6, 6.07) is 13.5. The van der Waals surface area contributed by atoms with E-state index in [1.807, 2.05) is 13.8 Å². The van der Waals surface area contributed by atoms with E-state index in [1.165, 1.54) is 21.9 Å². The highest BCUT2D eigenvalue weighted by Gasteiger charge is 2.35. The maximum atomic E-state index is 13.3. The summed E-state index contributed by atoms with van der Waals surface area (Å²) in [7, 11) is 0. The average molecular weight is 410 g/mol. The van der Waals surface area contributed by atoms with Gasteiger partial charge in [0.2, 0.25) is 5.91 Å². The van der Waals surface area contributed by atoms with E-state index in [0.29, 0.717) is 11.9 Å². The molecule has 1 unspecified atom stereocenters. The molecule has 1 N–H and O–H groups in total. The van der Waals surface area contributed by atoms with E-state index in [9.17, 15) is 9.90 Å². The Morgan fingerprint density at radius 1 is 1.00 bits per heavy atom. The SMILES string of the molecule is CC.CCCc1c(CC2CCCN(C3CCC(O)CC3)C2=O)ccc2ccccc12. The lowest BCUT2D eigenvalue weighted by atomic mass is 9.84. The van der Waals surface area contributed by atoms with Gasteiger partial charge in [-0.2, -0.15) is 0 Å². The monoisotopic (exact) mass is 409 g/mol. The van der Waals surface area contributed by atoms with Gasteiger partial charge >= 0.3 is 0 Å². The fourth-order valence-electron chi connectivity index (χ4n) is 5.28. The molecule has 1 amide bonds. The molecule has 0 aromatic heterocycles. The number of aryl methyl sites for hydroxylation is 1. The highest BCUT2D eigenvalue weighted by Crippen LogP contribution is 2.32. The summed E-state index contributed by atoms with van der Waals surface area (Å²) >= 11 is 0. The van der Waals surface area contributed by atoms with Crippen LogP contribution in [0.1, 0.15) is 76.8 Å². The third kappa shape index (κ3) is 5.06. The topological polar surface area (TPSA) is 40.5 Å². The molecule has 3 nitrogen and oxygen atoms in total. The van der Waals surface area contributed by atoms with Crippen LogP contribution in [0.15, 0.2) is 36.4 Å². The maximum Gasteiger partial charge on any atom is 0.226 e. The van der Waals surface area contributed by atoms with Crippen molar-refractivity contribution in [3.8, 4) is 0 Å². The number of carbonyl (C=O) groups excluding carboxylic acids is 1. The first kappa shape index (κ1) is 22.8. The van der Waals surface area contributed by atoms with E-state index in [4.69, 9.17) is 0 Å². The zero-order chi connectivity index (χ0) is 21.5. The number of aliphatic hydroxyl groups excluding tert-OH is 1. The molecule has 2 fully saturated rings. The van der Waals surface area contributed by atoms with Gasteiger partial charge in [0, 0.05) is 18.5 Å². The molecule has 2 aromatic rings. The molecular formula is C27H39NO2. The third-order valence-corrected chi connectivity index (χ3v) is 6.79. The molecule has 2 aliphatic rings. The van der Waals surface area contributed by atoms with Crippen molar-refractivity contribution < 1.29 is 9.90 Å². The number of hydrogen-bond donors (Lipinski definition) is 1. The molecule has 0 radical (unpaired) electrons. The van der Waals surface area contributed by atoms with E-state index >= 15 is 0 Å². The average Bonchev–Trinajstić information content (AvgIpc) is 2.79. The quantitative estimate of drug-likeness (QED) is 0.667. The van der Waals surface area contributed by atoms with Crippen LogP contribution in [0.2, 0.25) is 0 Å². The molecule has 30 heavy (non-hydrogen) atoms. The van der Waals surface area contributed by atoms with Crippen LogP contribution in [0.4, 0.5) is 0 Å². The number of hydrogen-bond acceptors (Lipinski definition) is 2. The van der Waals surface area contributed by atoms with Gasteiger partial charge in [0.15, 0.2) is 0 Å². The van der Waals surface area contributed by atoms with Gasteiger partial charge in [-0.05, 0) is 73.3 Å². The molecule has 0 bridgehead atoms. The summed E-state index contributed by atoms with van der Waals surface area (Å²) in [5.74, 6) is 0.459. The number of benzene rings is 2. The molecule has 2 aromatic carbocycles. The van der Waals surface area contributed by atoms with Crippen molar-refractivity contribution in [2.75, 3.05) is 6.54 Å². The molecule has 1 aliphatic heterocycles. The second kappa shape index (κ2) is 10.9. The second-order valence-corrected chi connectivity index (χ2v) is 8.71. The molecule has 4 rings (SSSR count). The number of likely N-dealkylation sites (tertiary alicyclic amines) is 1. The summed E-state index contributed by atoms with van der Waals surface area (Å²) < 4.78 is 0. The molecule has 3 heteroatoms. The fraction of sp³-hybridized carbons (Fsp3) is 0.593. The number of carbonyl (C=O) groups is 1. The smallest absolute Gasteiger partial charge is 0.226 e. The number of aliphatic hydroxyl groups is 1. The van der Waals surface area contributed by atoms with Gasteiger partial charge in [0.25, 0.3) is 0 Å². The molecule has 1 atom stereocenters. The van der Waals surface area contributed by atoms with Crippen molar-refractivity contribution in [1.29, 1.82) is 0 Å². The van der Waals surface area contributed by atoms with E-state index in [2.05, 4.69) is 48.2 Å². The van der Waals surface area contributed by atoms with Crippen molar-refractivity contribution in [2.45, 2.75) is 90.7 Å². The Bertz CT molecular complexity index is 823. The fourth-order valence-corrected chi connectivity index (χ4v) is 5.28. The number of rotatable bonds is 5. The van der Waals surface area contributed by atoms with Crippen LogP contribution < -0.4 is 0 Å². The summed E-state index contributed by atoms with van der Waals surface area (Å²) in [5.41, 5.74) is 2.80.